The van der Waals surface area contributed by atoms with Crippen molar-refractivity contribution in [3.8, 4) is 0 Å². The molecule has 2 fully saturated rings. The number of piperidine rings is 1. The van der Waals surface area contributed by atoms with Crippen LogP contribution in [0.1, 0.15) is 27.2 Å². The van der Waals surface area contributed by atoms with E-state index in [1.165, 1.54) is 0 Å². The van der Waals surface area contributed by atoms with Gasteiger partial charge in [-0.05, 0) is 33.1 Å². The molecule has 2 atom stereocenters. The zero-order valence-electron chi connectivity index (χ0n) is 9.00. The zero-order chi connectivity index (χ0) is 10.6. The second-order valence-electron chi connectivity index (χ2n) is 5.42. The normalized spacial score (nSPS) is 35.2. The van der Waals surface area contributed by atoms with Gasteiger partial charge in [0, 0.05) is 18.6 Å². The molecule has 80 valence electrons. The largest absolute Gasteiger partial charge is 0.465 e. The molecule has 0 aromatic heterocycles. The summed E-state index contributed by atoms with van der Waals surface area (Å²) in [5.41, 5.74) is -0.392. The smallest absolute Gasteiger partial charge is 0.408 e. The zero-order valence-corrected chi connectivity index (χ0v) is 9.00. The van der Waals surface area contributed by atoms with Crippen molar-refractivity contribution in [2.24, 2.45) is 5.92 Å². The molecule has 4 nitrogen and oxygen atoms in total. The van der Waals surface area contributed by atoms with Crippen LogP contribution < -0.4 is 5.32 Å². The van der Waals surface area contributed by atoms with Crippen molar-refractivity contribution in [3.05, 3.63) is 0 Å². The van der Waals surface area contributed by atoms with Crippen molar-refractivity contribution >= 4 is 6.09 Å². The second kappa shape index (κ2) is 2.63. The summed E-state index contributed by atoms with van der Waals surface area (Å²) in [7, 11) is 0. The van der Waals surface area contributed by atoms with E-state index < -0.39 is 6.09 Å². The van der Waals surface area contributed by atoms with Gasteiger partial charge in [-0.1, -0.05) is 0 Å². The molecule has 0 spiro atoms. The lowest BCUT2D eigenvalue weighted by Crippen LogP contribution is -2.55. The maximum Gasteiger partial charge on any atom is 0.408 e. The van der Waals surface area contributed by atoms with E-state index in [1.807, 2.05) is 20.8 Å². The molecule has 1 heterocycles. The Morgan fingerprint density at radius 2 is 2.21 bits per heavy atom. The summed E-state index contributed by atoms with van der Waals surface area (Å²) in [4.78, 5) is 12.9. The minimum Gasteiger partial charge on any atom is -0.465 e. The first kappa shape index (κ1) is 9.77. The van der Waals surface area contributed by atoms with Gasteiger partial charge in [-0.2, -0.15) is 0 Å². The van der Waals surface area contributed by atoms with E-state index >= 15 is 0 Å². The van der Waals surface area contributed by atoms with Crippen LogP contribution in [0.25, 0.3) is 0 Å². The van der Waals surface area contributed by atoms with Crippen molar-refractivity contribution in [1.29, 1.82) is 0 Å². The maximum absolute atomic E-state index is 11.3. The quantitative estimate of drug-likeness (QED) is 0.664. The number of carbonyl (C=O) groups is 1. The van der Waals surface area contributed by atoms with Crippen LogP contribution in [0.5, 0.6) is 0 Å². The molecule has 0 aromatic carbocycles. The van der Waals surface area contributed by atoms with E-state index in [1.54, 1.807) is 4.90 Å². The van der Waals surface area contributed by atoms with E-state index in [2.05, 4.69) is 5.32 Å². The van der Waals surface area contributed by atoms with Crippen LogP contribution in [0.3, 0.4) is 0 Å². The summed E-state index contributed by atoms with van der Waals surface area (Å²) in [6.45, 7) is 7.68. The van der Waals surface area contributed by atoms with Gasteiger partial charge in [-0.15, -0.1) is 0 Å². The van der Waals surface area contributed by atoms with Crippen LogP contribution >= 0.6 is 0 Å². The Morgan fingerprint density at radius 1 is 1.57 bits per heavy atom. The van der Waals surface area contributed by atoms with Crippen molar-refractivity contribution in [2.75, 3.05) is 13.1 Å². The summed E-state index contributed by atoms with van der Waals surface area (Å²) in [6.07, 6.45) is 0.243. The van der Waals surface area contributed by atoms with Crippen molar-refractivity contribution in [1.82, 2.24) is 10.2 Å². The molecule has 0 bridgehead atoms. The predicted molar refractivity (Wildman–Crippen MR) is 53.3 cm³/mol. The topological polar surface area (TPSA) is 52.6 Å². The molecule has 2 unspecified atom stereocenters. The highest BCUT2D eigenvalue weighted by Gasteiger charge is 2.64. The molecule has 0 radical (unpaired) electrons. The van der Waals surface area contributed by atoms with Crippen LogP contribution in [-0.2, 0) is 0 Å². The number of nitrogens with one attached hydrogen (secondary N) is 1. The van der Waals surface area contributed by atoms with Gasteiger partial charge in [-0.25, -0.2) is 4.79 Å². The first-order valence-corrected chi connectivity index (χ1v) is 5.12. The van der Waals surface area contributed by atoms with Gasteiger partial charge in [0.05, 0.1) is 5.54 Å². The molecule has 2 rings (SSSR count). The Morgan fingerprint density at radius 3 is 2.50 bits per heavy atom. The minimum atomic E-state index is -0.788. The van der Waals surface area contributed by atoms with E-state index in [4.69, 9.17) is 0 Å². The lowest BCUT2D eigenvalue weighted by Gasteiger charge is -2.39. The number of nitrogens with zero attached hydrogens (tertiary/aromatic N) is 1. The van der Waals surface area contributed by atoms with Gasteiger partial charge in [0.1, 0.15) is 0 Å². The molecule has 1 aliphatic heterocycles. The van der Waals surface area contributed by atoms with E-state index in [0.717, 1.165) is 19.5 Å². The third-order valence-corrected chi connectivity index (χ3v) is 3.33. The van der Waals surface area contributed by atoms with Gasteiger partial charge in [-0.3, -0.25) is 4.90 Å². The molecule has 1 saturated heterocycles. The van der Waals surface area contributed by atoms with Gasteiger partial charge in [0.2, 0.25) is 0 Å². The molecule has 1 amide bonds. The molecule has 4 heteroatoms. The SMILES string of the molecule is CC(C)(C)N(C(=O)O)C12CNCC1C2. The number of fused-ring (bicyclic) bond motifs is 1. The van der Waals surface area contributed by atoms with Gasteiger partial charge in [0.25, 0.3) is 0 Å². The summed E-state index contributed by atoms with van der Waals surface area (Å²) in [5, 5.41) is 12.5. The van der Waals surface area contributed by atoms with Crippen molar-refractivity contribution in [3.63, 3.8) is 0 Å². The standard InChI is InChI=1S/C10H18N2O2/c1-9(2,3)12(8(13)14)10-4-7(10)5-11-6-10/h7,11H,4-6H2,1-3H3,(H,13,14). The Kier molecular flexibility index (Phi) is 1.83. The van der Waals surface area contributed by atoms with E-state index in [9.17, 15) is 9.90 Å². The van der Waals surface area contributed by atoms with E-state index in [0.29, 0.717) is 5.92 Å². The molecular weight excluding hydrogens is 180 g/mol. The molecule has 14 heavy (non-hydrogen) atoms. The van der Waals surface area contributed by atoms with Crippen molar-refractivity contribution < 1.29 is 9.90 Å². The molecule has 2 aliphatic rings. The highest BCUT2D eigenvalue weighted by Crippen LogP contribution is 2.53. The average Bonchev–Trinajstić information content (AvgIpc) is 2.49. The minimum absolute atomic E-state index is 0.0932. The molecule has 2 N–H and O–H groups in total. The predicted octanol–water partition coefficient (Wildman–Crippen LogP) is 1.13. The fraction of sp³-hybridized carbons (Fsp3) is 0.900. The highest BCUT2D eigenvalue weighted by atomic mass is 16.4. The number of rotatable bonds is 1. The Labute approximate surface area is 84.3 Å². The third kappa shape index (κ3) is 1.21. The van der Waals surface area contributed by atoms with Crippen molar-refractivity contribution in [2.45, 2.75) is 38.3 Å². The first-order valence-electron chi connectivity index (χ1n) is 5.12. The summed E-state index contributed by atoms with van der Waals surface area (Å²) in [6, 6.07) is 0. The molecule has 0 aromatic rings. The molecule has 1 aliphatic carbocycles. The van der Waals surface area contributed by atoms with Crippen LogP contribution in [0.4, 0.5) is 4.79 Å². The summed E-state index contributed by atoms with van der Waals surface area (Å²) < 4.78 is 0. The number of carboxylic acid groups (broad SMARTS) is 1. The summed E-state index contributed by atoms with van der Waals surface area (Å²) in [5.74, 6) is 0.540. The maximum atomic E-state index is 11.3. The lowest BCUT2D eigenvalue weighted by atomic mass is 10.0. The molecular formula is C10H18N2O2. The monoisotopic (exact) mass is 198 g/mol. The van der Waals surface area contributed by atoms with Gasteiger partial charge < -0.3 is 10.4 Å². The van der Waals surface area contributed by atoms with E-state index in [-0.39, 0.29) is 11.1 Å². The molecule has 1 saturated carbocycles. The first-order chi connectivity index (χ1) is 6.38. The Bertz CT molecular complexity index is 272. The average molecular weight is 198 g/mol. The second-order valence-corrected chi connectivity index (χ2v) is 5.42. The number of hydrogen-bond acceptors (Lipinski definition) is 2. The third-order valence-electron chi connectivity index (χ3n) is 3.33. The van der Waals surface area contributed by atoms with Crippen LogP contribution in [0.15, 0.2) is 0 Å². The summed E-state index contributed by atoms with van der Waals surface area (Å²) >= 11 is 0. The Balaban J connectivity index is 2.24. The lowest BCUT2D eigenvalue weighted by molar-refractivity contribution is 0.0620. The van der Waals surface area contributed by atoms with Gasteiger partial charge >= 0.3 is 6.09 Å². The van der Waals surface area contributed by atoms with Gasteiger partial charge in [0.15, 0.2) is 0 Å². The van der Waals surface area contributed by atoms with Crippen LogP contribution in [0, 0.1) is 5.92 Å². The highest BCUT2D eigenvalue weighted by molar-refractivity contribution is 5.68. The van der Waals surface area contributed by atoms with Crippen LogP contribution in [-0.4, -0.2) is 40.3 Å². The Hall–Kier alpha value is -0.770. The fourth-order valence-corrected chi connectivity index (χ4v) is 2.81. The fourth-order valence-electron chi connectivity index (χ4n) is 2.81. The number of hydrogen-bond donors (Lipinski definition) is 2. The van der Waals surface area contributed by atoms with Crippen LogP contribution in [0.2, 0.25) is 0 Å². The number of amides is 1.